The number of benzene rings is 3. The minimum absolute atomic E-state index is 0.0591. The molecule has 0 aliphatic carbocycles. The first-order valence-electron chi connectivity index (χ1n) is 11.9. The average molecular weight is 570 g/mol. The number of para-hydroxylation sites is 1. The molecule has 0 atom stereocenters. The number of amides is 2. The van der Waals surface area contributed by atoms with E-state index in [9.17, 15) is 18.0 Å². The summed E-state index contributed by atoms with van der Waals surface area (Å²) in [7, 11) is 1.24. The third-order valence-electron chi connectivity index (χ3n) is 5.74. The molecule has 0 saturated carbocycles. The molecule has 0 aliphatic heterocycles. The predicted octanol–water partition coefficient (Wildman–Crippen LogP) is 3.47. The number of anilines is 2. The lowest BCUT2D eigenvalue weighted by molar-refractivity contribution is -0.114. The Bertz CT molecular complexity index is 1490. The molecule has 2 amide bonds. The van der Waals surface area contributed by atoms with Crippen molar-refractivity contribution in [1.82, 2.24) is 5.32 Å². The number of ether oxygens (including phenoxy) is 4. The summed E-state index contributed by atoms with van der Waals surface area (Å²) in [6.07, 6.45) is 1.53. The SMILES string of the molecule is C=CCNC(=O)c1ccccc1NC(=O)CN(c1cc(OC)ccc1OC)S(=O)(=O)c1ccc(OC)c(OC)c1. The fourth-order valence-electron chi connectivity index (χ4n) is 3.77. The number of rotatable bonds is 13. The second-order valence-corrected chi connectivity index (χ2v) is 10.0. The molecule has 0 aromatic heterocycles. The van der Waals surface area contributed by atoms with Gasteiger partial charge in [0, 0.05) is 18.7 Å². The number of hydrogen-bond acceptors (Lipinski definition) is 8. The first kappa shape index (κ1) is 29.8. The Balaban J connectivity index is 2.07. The van der Waals surface area contributed by atoms with Crippen molar-refractivity contribution in [3.05, 3.63) is 78.9 Å². The van der Waals surface area contributed by atoms with Crippen molar-refractivity contribution in [2.45, 2.75) is 4.90 Å². The predicted molar refractivity (Wildman–Crippen MR) is 151 cm³/mol. The molecule has 0 radical (unpaired) electrons. The summed E-state index contributed by atoms with van der Waals surface area (Å²) in [5, 5.41) is 5.31. The van der Waals surface area contributed by atoms with Crippen LogP contribution in [-0.4, -0.2) is 61.8 Å². The number of nitrogens with one attached hydrogen (secondary N) is 2. The normalized spacial score (nSPS) is 10.7. The Morgan fingerprint density at radius 1 is 0.875 bits per heavy atom. The molecule has 40 heavy (non-hydrogen) atoms. The lowest BCUT2D eigenvalue weighted by atomic mass is 10.1. The lowest BCUT2D eigenvalue weighted by Gasteiger charge is -2.26. The van der Waals surface area contributed by atoms with E-state index in [4.69, 9.17) is 18.9 Å². The summed E-state index contributed by atoms with van der Waals surface area (Å²) in [5.74, 6) is -0.103. The van der Waals surface area contributed by atoms with Gasteiger partial charge >= 0.3 is 0 Å². The Morgan fingerprint density at radius 3 is 2.20 bits per heavy atom. The van der Waals surface area contributed by atoms with E-state index in [1.54, 1.807) is 24.3 Å². The smallest absolute Gasteiger partial charge is 0.265 e. The van der Waals surface area contributed by atoms with Gasteiger partial charge in [0.05, 0.1) is 50.3 Å². The van der Waals surface area contributed by atoms with Crippen LogP contribution in [0.5, 0.6) is 23.0 Å². The van der Waals surface area contributed by atoms with Crippen molar-refractivity contribution in [3.8, 4) is 23.0 Å². The van der Waals surface area contributed by atoms with E-state index in [0.717, 1.165) is 4.31 Å². The van der Waals surface area contributed by atoms with E-state index < -0.39 is 28.4 Å². The highest BCUT2D eigenvalue weighted by molar-refractivity contribution is 7.92. The second-order valence-electron chi connectivity index (χ2n) is 8.16. The van der Waals surface area contributed by atoms with Gasteiger partial charge in [0.25, 0.3) is 15.9 Å². The van der Waals surface area contributed by atoms with Gasteiger partial charge < -0.3 is 29.6 Å². The Morgan fingerprint density at radius 2 is 1.55 bits per heavy atom. The molecule has 12 heteroatoms. The molecular formula is C28H31N3O8S. The van der Waals surface area contributed by atoms with Crippen LogP contribution in [0.3, 0.4) is 0 Å². The van der Waals surface area contributed by atoms with E-state index in [2.05, 4.69) is 17.2 Å². The van der Waals surface area contributed by atoms with E-state index in [1.165, 1.54) is 70.9 Å². The van der Waals surface area contributed by atoms with Crippen molar-refractivity contribution in [1.29, 1.82) is 0 Å². The molecular weight excluding hydrogens is 538 g/mol. The zero-order chi connectivity index (χ0) is 29.3. The summed E-state index contributed by atoms with van der Waals surface area (Å²) in [6.45, 7) is 3.14. The molecule has 212 valence electrons. The van der Waals surface area contributed by atoms with Gasteiger partial charge in [-0.15, -0.1) is 6.58 Å². The number of methoxy groups -OCH3 is 4. The molecule has 0 unspecified atom stereocenters. The minimum atomic E-state index is -4.38. The van der Waals surface area contributed by atoms with E-state index >= 15 is 0 Å². The van der Waals surface area contributed by atoms with Crippen LogP contribution in [0.2, 0.25) is 0 Å². The largest absolute Gasteiger partial charge is 0.497 e. The van der Waals surface area contributed by atoms with Crippen molar-refractivity contribution < 1.29 is 37.0 Å². The standard InChI is InChI=1S/C28H31N3O8S/c1-6-15-29-28(33)21-9-7-8-10-22(21)30-27(32)18-31(23-16-19(36-2)11-13-24(23)37-3)40(34,35)20-12-14-25(38-4)26(17-20)39-5/h6-14,16-17H,1,15,18H2,2-5H3,(H,29,33)(H,30,32). The van der Waals surface area contributed by atoms with Crippen LogP contribution in [0, 0.1) is 0 Å². The van der Waals surface area contributed by atoms with Gasteiger partial charge in [-0.25, -0.2) is 8.42 Å². The molecule has 3 aromatic rings. The molecule has 11 nitrogen and oxygen atoms in total. The third kappa shape index (κ3) is 6.64. The summed E-state index contributed by atoms with van der Waals surface area (Å²) >= 11 is 0. The molecule has 0 bridgehead atoms. The van der Waals surface area contributed by atoms with E-state index in [1.807, 2.05) is 0 Å². The highest BCUT2D eigenvalue weighted by Gasteiger charge is 2.31. The van der Waals surface area contributed by atoms with Crippen molar-refractivity contribution in [2.24, 2.45) is 0 Å². The van der Waals surface area contributed by atoms with Gasteiger partial charge in [0.1, 0.15) is 18.0 Å². The minimum Gasteiger partial charge on any atom is -0.497 e. The highest BCUT2D eigenvalue weighted by Crippen LogP contribution is 2.37. The molecule has 0 spiro atoms. The van der Waals surface area contributed by atoms with Crippen LogP contribution >= 0.6 is 0 Å². The Hall–Kier alpha value is -4.71. The van der Waals surface area contributed by atoms with Crippen LogP contribution in [0.4, 0.5) is 11.4 Å². The van der Waals surface area contributed by atoms with E-state index in [0.29, 0.717) is 11.5 Å². The number of carbonyl (C=O) groups excluding carboxylic acids is 2. The fraction of sp³-hybridized carbons (Fsp3) is 0.214. The van der Waals surface area contributed by atoms with Gasteiger partial charge in [-0.1, -0.05) is 18.2 Å². The van der Waals surface area contributed by atoms with Gasteiger partial charge in [0.2, 0.25) is 5.91 Å². The number of carbonyl (C=O) groups is 2. The zero-order valence-electron chi connectivity index (χ0n) is 22.6. The van der Waals surface area contributed by atoms with Crippen molar-refractivity contribution >= 4 is 33.2 Å². The number of hydrogen-bond donors (Lipinski definition) is 2. The maximum Gasteiger partial charge on any atom is 0.265 e. The van der Waals surface area contributed by atoms with Crippen molar-refractivity contribution in [3.63, 3.8) is 0 Å². The Labute approximate surface area is 233 Å². The highest BCUT2D eigenvalue weighted by atomic mass is 32.2. The number of sulfonamides is 1. The quantitative estimate of drug-likeness (QED) is 0.299. The van der Waals surface area contributed by atoms with E-state index in [-0.39, 0.29) is 39.9 Å². The maximum absolute atomic E-state index is 14.0. The summed E-state index contributed by atoms with van der Waals surface area (Å²) in [5.41, 5.74) is 0.463. The van der Waals surface area contributed by atoms with Crippen LogP contribution in [-0.2, 0) is 14.8 Å². The molecule has 0 aliphatic rings. The average Bonchev–Trinajstić information content (AvgIpc) is 2.97. The topological polar surface area (TPSA) is 132 Å². The van der Waals surface area contributed by atoms with Crippen LogP contribution in [0.25, 0.3) is 0 Å². The fourth-order valence-corrected chi connectivity index (χ4v) is 5.21. The van der Waals surface area contributed by atoms with Gasteiger partial charge in [-0.3, -0.25) is 13.9 Å². The summed E-state index contributed by atoms with van der Waals surface area (Å²) < 4.78 is 50.2. The van der Waals surface area contributed by atoms with Gasteiger partial charge in [0.15, 0.2) is 11.5 Å². The summed E-state index contributed by atoms with van der Waals surface area (Å²) in [4.78, 5) is 25.8. The molecule has 3 rings (SSSR count). The Kier molecular flexibility index (Phi) is 9.98. The van der Waals surface area contributed by atoms with Gasteiger partial charge in [-0.05, 0) is 36.4 Å². The lowest BCUT2D eigenvalue weighted by Crippen LogP contribution is -2.38. The van der Waals surface area contributed by atoms with Crippen LogP contribution in [0.15, 0.2) is 78.2 Å². The maximum atomic E-state index is 14.0. The molecule has 0 heterocycles. The second kappa shape index (κ2) is 13.4. The molecule has 2 N–H and O–H groups in total. The first-order valence-corrected chi connectivity index (χ1v) is 13.4. The molecule has 0 saturated heterocycles. The van der Waals surface area contributed by atoms with Crippen molar-refractivity contribution in [2.75, 3.05) is 51.2 Å². The monoisotopic (exact) mass is 569 g/mol. The van der Waals surface area contributed by atoms with Crippen LogP contribution < -0.4 is 33.9 Å². The molecule has 0 fully saturated rings. The number of nitrogens with zero attached hydrogens (tertiary/aromatic N) is 1. The third-order valence-corrected chi connectivity index (χ3v) is 7.49. The van der Waals surface area contributed by atoms with Crippen LogP contribution in [0.1, 0.15) is 10.4 Å². The summed E-state index contributed by atoms with van der Waals surface area (Å²) in [6, 6.07) is 15.0. The molecule has 3 aromatic carbocycles. The van der Waals surface area contributed by atoms with Gasteiger partial charge in [-0.2, -0.15) is 0 Å². The first-order chi connectivity index (χ1) is 19.2. The zero-order valence-corrected chi connectivity index (χ0v) is 23.4.